The predicted molar refractivity (Wildman–Crippen MR) is 70.9 cm³/mol. The van der Waals surface area contributed by atoms with Crippen molar-refractivity contribution in [2.75, 3.05) is 13.7 Å². The molecule has 5 nitrogen and oxygen atoms in total. The molecule has 0 radical (unpaired) electrons. The van der Waals surface area contributed by atoms with Crippen molar-refractivity contribution in [1.29, 1.82) is 0 Å². The van der Waals surface area contributed by atoms with E-state index in [2.05, 4.69) is 16.6 Å². The van der Waals surface area contributed by atoms with Crippen LogP contribution in [0.15, 0.2) is 12.7 Å². The Morgan fingerprint density at radius 1 is 1.33 bits per heavy atom. The van der Waals surface area contributed by atoms with Gasteiger partial charge >= 0.3 is 0 Å². The van der Waals surface area contributed by atoms with Gasteiger partial charge in [0.05, 0.1) is 0 Å². The largest absolute Gasteiger partial charge is 0.375 e. The summed E-state index contributed by atoms with van der Waals surface area (Å²) in [4.78, 5) is 22.4. The molecule has 0 fully saturated rings. The third-order valence-electron chi connectivity index (χ3n) is 2.61. The number of nitrogens with one attached hydrogen (secondary N) is 1. The number of nitrogens with two attached hydrogens (primary N) is 1. The molecule has 0 aromatic carbocycles. The number of allylic oxidation sites excluding steroid dienone is 1. The predicted octanol–water partition coefficient (Wildman–Crippen LogP) is 1.13. The van der Waals surface area contributed by atoms with Gasteiger partial charge in [0.2, 0.25) is 11.8 Å². The van der Waals surface area contributed by atoms with Gasteiger partial charge < -0.3 is 15.8 Å². The van der Waals surface area contributed by atoms with Crippen LogP contribution in [0.5, 0.6) is 0 Å². The van der Waals surface area contributed by atoms with Crippen molar-refractivity contribution in [2.45, 2.75) is 44.6 Å². The fraction of sp³-hybridized carbons (Fsp3) is 0.692. The molecule has 0 aromatic heterocycles. The van der Waals surface area contributed by atoms with Gasteiger partial charge in [-0.15, -0.1) is 6.58 Å². The Labute approximate surface area is 109 Å². The van der Waals surface area contributed by atoms with Gasteiger partial charge in [0.15, 0.2) is 0 Å². The number of carbonyl (C=O) groups excluding carboxylic acids is 2. The van der Waals surface area contributed by atoms with E-state index in [1.807, 2.05) is 6.08 Å². The molecular weight excluding hydrogens is 232 g/mol. The van der Waals surface area contributed by atoms with Crippen molar-refractivity contribution in [2.24, 2.45) is 5.73 Å². The first-order chi connectivity index (χ1) is 8.61. The number of primary amides is 1. The average molecular weight is 256 g/mol. The summed E-state index contributed by atoms with van der Waals surface area (Å²) in [5.74, 6) is -0.807. The summed E-state index contributed by atoms with van der Waals surface area (Å²) < 4.78 is 4.68. The molecule has 1 atom stereocenters. The maximum atomic E-state index is 11.3. The number of hydrogen-bond donors (Lipinski definition) is 2. The molecule has 104 valence electrons. The van der Waals surface area contributed by atoms with E-state index in [0.717, 1.165) is 32.1 Å². The van der Waals surface area contributed by atoms with E-state index in [1.165, 1.54) is 7.11 Å². The lowest BCUT2D eigenvalue weighted by atomic mass is 10.1. The van der Waals surface area contributed by atoms with Crippen molar-refractivity contribution < 1.29 is 14.3 Å². The molecule has 0 rings (SSSR count). The molecule has 0 bridgehead atoms. The Bertz CT molecular complexity index is 267. The van der Waals surface area contributed by atoms with Crippen LogP contribution < -0.4 is 11.1 Å². The van der Waals surface area contributed by atoms with E-state index in [4.69, 9.17) is 5.73 Å². The van der Waals surface area contributed by atoms with Crippen LogP contribution in [0.4, 0.5) is 0 Å². The lowest BCUT2D eigenvalue weighted by Gasteiger charge is -2.14. The van der Waals surface area contributed by atoms with Crippen LogP contribution in [0.3, 0.4) is 0 Å². The number of methoxy groups -OCH3 is 1. The lowest BCUT2D eigenvalue weighted by Crippen LogP contribution is -2.45. The van der Waals surface area contributed by atoms with Crippen LogP contribution in [0.25, 0.3) is 0 Å². The molecule has 0 heterocycles. The molecule has 0 aliphatic carbocycles. The molecule has 0 spiro atoms. The second-order valence-corrected chi connectivity index (χ2v) is 4.24. The summed E-state index contributed by atoms with van der Waals surface area (Å²) in [7, 11) is 1.43. The minimum Gasteiger partial charge on any atom is -0.375 e. The van der Waals surface area contributed by atoms with E-state index in [0.29, 0.717) is 6.42 Å². The van der Waals surface area contributed by atoms with Crippen molar-refractivity contribution >= 4 is 11.8 Å². The Morgan fingerprint density at radius 3 is 2.56 bits per heavy atom. The first-order valence-corrected chi connectivity index (χ1v) is 6.30. The molecule has 0 saturated heterocycles. The summed E-state index contributed by atoms with van der Waals surface area (Å²) in [6.45, 7) is 3.61. The standard InChI is InChI=1S/C13H24N2O3/c1-3-4-5-6-7-8-9-11(13(14)17)15-12(16)10-18-2/h3,11H,1,4-10H2,2H3,(H2,14,17)(H,15,16)/t11-/m1/s1. The number of rotatable bonds is 11. The Kier molecular flexibility index (Phi) is 9.96. The highest BCUT2D eigenvalue weighted by Crippen LogP contribution is 2.07. The molecule has 3 N–H and O–H groups in total. The van der Waals surface area contributed by atoms with Crippen molar-refractivity contribution in [1.82, 2.24) is 5.32 Å². The fourth-order valence-electron chi connectivity index (χ4n) is 1.64. The molecular formula is C13H24N2O3. The molecule has 0 unspecified atom stereocenters. The van der Waals surface area contributed by atoms with Gasteiger partial charge in [-0.25, -0.2) is 0 Å². The third-order valence-corrected chi connectivity index (χ3v) is 2.61. The molecule has 0 aliphatic heterocycles. The number of unbranched alkanes of at least 4 members (excludes halogenated alkanes) is 4. The summed E-state index contributed by atoms with van der Waals surface area (Å²) in [5, 5.41) is 2.56. The SMILES string of the molecule is C=CCCCCCC[C@@H](NC(=O)COC)C(N)=O. The van der Waals surface area contributed by atoms with E-state index in [9.17, 15) is 9.59 Å². The van der Waals surface area contributed by atoms with Gasteiger partial charge in [0, 0.05) is 7.11 Å². The van der Waals surface area contributed by atoms with Crippen molar-refractivity contribution in [3.05, 3.63) is 12.7 Å². The minimum atomic E-state index is -0.591. The van der Waals surface area contributed by atoms with Gasteiger partial charge in [-0.3, -0.25) is 9.59 Å². The van der Waals surface area contributed by atoms with Crippen LogP contribution in [0.1, 0.15) is 38.5 Å². The monoisotopic (exact) mass is 256 g/mol. The maximum absolute atomic E-state index is 11.3. The molecule has 18 heavy (non-hydrogen) atoms. The number of carbonyl (C=O) groups is 2. The zero-order valence-corrected chi connectivity index (χ0v) is 11.1. The van der Waals surface area contributed by atoms with Crippen LogP contribution in [-0.2, 0) is 14.3 Å². The molecule has 0 aliphatic rings. The van der Waals surface area contributed by atoms with Gasteiger partial charge in [-0.05, 0) is 19.3 Å². The van der Waals surface area contributed by atoms with Crippen LogP contribution >= 0.6 is 0 Å². The van der Waals surface area contributed by atoms with Crippen LogP contribution in [-0.4, -0.2) is 31.6 Å². The highest BCUT2D eigenvalue weighted by molar-refractivity contribution is 5.86. The van der Waals surface area contributed by atoms with Gasteiger partial charge in [-0.1, -0.05) is 25.3 Å². The molecule has 5 heteroatoms. The highest BCUT2D eigenvalue weighted by atomic mass is 16.5. The Balaban J connectivity index is 3.80. The van der Waals surface area contributed by atoms with Gasteiger partial charge in [0.1, 0.15) is 12.6 Å². The second-order valence-electron chi connectivity index (χ2n) is 4.24. The molecule has 0 aromatic rings. The minimum absolute atomic E-state index is 0.0525. The molecule has 0 saturated carbocycles. The Hall–Kier alpha value is -1.36. The van der Waals surface area contributed by atoms with E-state index >= 15 is 0 Å². The van der Waals surface area contributed by atoms with Crippen LogP contribution in [0.2, 0.25) is 0 Å². The normalized spacial score (nSPS) is 11.8. The van der Waals surface area contributed by atoms with Crippen molar-refractivity contribution in [3.8, 4) is 0 Å². The quantitative estimate of drug-likeness (QED) is 0.429. The number of amides is 2. The maximum Gasteiger partial charge on any atom is 0.246 e. The number of ether oxygens (including phenoxy) is 1. The van der Waals surface area contributed by atoms with Crippen LogP contribution in [0, 0.1) is 0 Å². The fourth-order valence-corrected chi connectivity index (χ4v) is 1.64. The van der Waals surface area contributed by atoms with Gasteiger partial charge in [-0.2, -0.15) is 0 Å². The lowest BCUT2D eigenvalue weighted by molar-refractivity contribution is -0.129. The van der Waals surface area contributed by atoms with E-state index in [-0.39, 0.29) is 12.5 Å². The average Bonchev–Trinajstić information content (AvgIpc) is 2.32. The van der Waals surface area contributed by atoms with E-state index < -0.39 is 11.9 Å². The topological polar surface area (TPSA) is 81.4 Å². The third kappa shape index (κ3) is 8.75. The first-order valence-electron chi connectivity index (χ1n) is 6.30. The summed E-state index contributed by atoms with van der Waals surface area (Å²) in [6, 6.07) is -0.591. The van der Waals surface area contributed by atoms with Crippen molar-refractivity contribution in [3.63, 3.8) is 0 Å². The Morgan fingerprint density at radius 2 is 2.00 bits per heavy atom. The zero-order chi connectivity index (χ0) is 13.8. The van der Waals surface area contributed by atoms with Gasteiger partial charge in [0.25, 0.3) is 0 Å². The number of hydrogen-bond acceptors (Lipinski definition) is 3. The second kappa shape index (κ2) is 10.8. The zero-order valence-electron chi connectivity index (χ0n) is 11.1. The smallest absolute Gasteiger partial charge is 0.246 e. The highest BCUT2D eigenvalue weighted by Gasteiger charge is 2.16. The molecule has 2 amide bonds. The van der Waals surface area contributed by atoms with E-state index in [1.54, 1.807) is 0 Å². The first kappa shape index (κ1) is 16.6. The summed E-state index contributed by atoms with van der Waals surface area (Å²) in [6.07, 6.45) is 7.61. The summed E-state index contributed by atoms with van der Waals surface area (Å²) in [5.41, 5.74) is 5.24. The summed E-state index contributed by atoms with van der Waals surface area (Å²) >= 11 is 0.